The van der Waals surface area contributed by atoms with E-state index < -0.39 is 6.10 Å². The number of ether oxygens (including phenoxy) is 2. The molecule has 2 aliphatic rings. The van der Waals surface area contributed by atoms with Crippen LogP contribution in [0.4, 0.5) is 0 Å². The van der Waals surface area contributed by atoms with Crippen LogP contribution in [0.3, 0.4) is 0 Å². The van der Waals surface area contributed by atoms with Crippen molar-refractivity contribution in [2.24, 2.45) is 11.8 Å². The predicted molar refractivity (Wildman–Crippen MR) is 43.8 cm³/mol. The van der Waals surface area contributed by atoms with E-state index in [-0.39, 0.29) is 18.3 Å². The molecule has 3 heteroatoms. The molecule has 0 amide bonds. The van der Waals surface area contributed by atoms with Crippen LogP contribution < -0.4 is 0 Å². The molecule has 12 heavy (non-hydrogen) atoms. The number of methoxy groups -OCH3 is 1. The topological polar surface area (TPSA) is 38.7 Å². The summed E-state index contributed by atoms with van der Waals surface area (Å²) in [5, 5.41) is 9.72. The van der Waals surface area contributed by atoms with E-state index in [9.17, 15) is 5.11 Å². The van der Waals surface area contributed by atoms with Gasteiger partial charge in [0.25, 0.3) is 0 Å². The highest BCUT2D eigenvalue weighted by Gasteiger charge is 2.56. The molecular weight excluding hydrogens is 156 g/mol. The Bertz CT molecular complexity index is 181. The first-order valence-electron chi connectivity index (χ1n) is 4.53. The van der Waals surface area contributed by atoms with Crippen molar-refractivity contribution in [2.75, 3.05) is 7.11 Å². The summed E-state index contributed by atoms with van der Waals surface area (Å²) in [5.41, 5.74) is 0. The van der Waals surface area contributed by atoms with Crippen LogP contribution in [0.5, 0.6) is 0 Å². The fourth-order valence-electron chi connectivity index (χ4n) is 2.45. The van der Waals surface area contributed by atoms with Crippen LogP contribution in [0.15, 0.2) is 0 Å². The number of hydrogen-bond acceptors (Lipinski definition) is 3. The lowest BCUT2D eigenvalue weighted by atomic mass is 9.78. The van der Waals surface area contributed by atoms with Crippen LogP contribution in [0.1, 0.15) is 13.8 Å². The van der Waals surface area contributed by atoms with Gasteiger partial charge in [0.2, 0.25) is 0 Å². The molecule has 2 heterocycles. The van der Waals surface area contributed by atoms with E-state index in [4.69, 9.17) is 9.47 Å². The Hall–Kier alpha value is -0.120. The number of fused-ring (bicyclic) bond motifs is 2. The van der Waals surface area contributed by atoms with Gasteiger partial charge in [0.05, 0.1) is 12.2 Å². The molecule has 0 aliphatic carbocycles. The third-order valence-electron chi connectivity index (χ3n) is 3.45. The molecule has 70 valence electrons. The molecule has 2 bridgehead atoms. The van der Waals surface area contributed by atoms with E-state index >= 15 is 0 Å². The van der Waals surface area contributed by atoms with Crippen molar-refractivity contribution in [1.82, 2.24) is 0 Å². The van der Waals surface area contributed by atoms with Gasteiger partial charge in [-0.05, 0) is 11.8 Å². The zero-order chi connectivity index (χ0) is 8.88. The largest absolute Gasteiger partial charge is 0.388 e. The van der Waals surface area contributed by atoms with E-state index in [0.29, 0.717) is 11.8 Å². The van der Waals surface area contributed by atoms with Crippen LogP contribution in [0, 0.1) is 11.8 Å². The molecule has 3 nitrogen and oxygen atoms in total. The minimum atomic E-state index is -0.425. The Kier molecular flexibility index (Phi) is 1.90. The molecule has 2 fully saturated rings. The molecule has 6 atom stereocenters. The molecule has 0 aromatic rings. The maximum atomic E-state index is 9.72. The van der Waals surface area contributed by atoms with Crippen molar-refractivity contribution in [2.45, 2.75) is 38.3 Å². The van der Waals surface area contributed by atoms with Crippen molar-refractivity contribution >= 4 is 0 Å². The van der Waals surface area contributed by atoms with Crippen LogP contribution in [-0.2, 0) is 9.47 Å². The summed E-state index contributed by atoms with van der Waals surface area (Å²) in [5.74, 6) is 0.958. The van der Waals surface area contributed by atoms with Crippen LogP contribution in [0.2, 0.25) is 0 Å². The zero-order valence-corrected chi connectivity index (χ0v) is 7.73. The van der Waals surface area contributed by atoms with Gasteiger partial charge < -0.3 is 14.6 Å². The SMILES string of the molecule is COC1C(O)C2OC1C(C)C2C. The van der Waals surface area contributed by atoms with Crippen molar-refractivity contribution in [1.29, 1.82) is 0 Å². The Balaban J connectivity index is 2.18. The van der Waals surface area contributed by atoms with Gasteiger partial charge in [0.1, 0.15) is 12.2 Å². The van der Waals surface area contributed by atoms with Crippen LogP contribution in [0.25, 0.3) is 0 Å². The maximum absolute atomic E-state index is 9.72. The van der Waals surface area contributed by atoms with E-state index in [1.807, 2.05) is 0 Å². The average Bonchev–Trinajstić information content (AvgIpc) is 2.51. The fraction of sp³-hybridized carbons (Fsp3) is 1.00. The molecule has 6 unspecified atom stereocenters. The third-order valence-corrected chi connectivity index (χ3v) is 3.45. The molecule has 0 spiro atoms. The first-order valence-corrected chi connectivity index (χ1v) is 4.53. The molecule has 0 aromatic heterocycles. The number of aliphatic hydroxyl groups is 1. The van der Waals surface area contributed by atoms with Gasteiger partial charge in [-0.1, -0.05) is 13.8 Å². The number of hydrogen-bond donors (Lipinski definition) is 1. The average molecular weight is 172 g/mol. The first kappa shape index (κ1) is 8.48. The standard InChI is InChI=1S/C9H16O3/c1-4-5(2)8-9(11-3)6(10)7(4)12-8/h4-10H,1-3H3. The second-order valence-electron chi connectivity index (χ2n) is 3.97. The lowest BCUT2D eigenvalue weighted by Gasteiger charge is -2.30. The minimum absolute atomic E-state index is 0.00468. The minimum Gasteiger partial charge on any atom is -0.388 e. The monoisotopic (exact) mass is 172 g/mol. The molecule has 2 aliphatic heterocycles. The van der Waals surface area contributed by atoms with Crippen LogP contribution in [-0.4, -0.2) is 36.6 Å². The van der Waals surface area contributed by atoms with Gasteiger partial charge >= 0.3 is 0 Å². The van der Waals surface area contributed by atoms with Crippen molar-refractivity contribution in [3.8, 4) is 0 Å². The Morgan fingerprint density at radius 3 is 2.25 bits per heavy atom. The Morgan fingerprint density at radius 1 is 1.17 bits per heavy atom. The van der Waals surface area contributed by atoms with Gasteiger partial charge in [-0.25, -0.2) is 0 Å². The van der Waals surface area contributed by atoms with E-state index in [1.165, 1.54) is 0 Å². The normalized spacial score (nSPS) is 58.0. The molecule has 0 radical (unpaired) electrons. The Labute approximate surface area is 72.7 Å². The maximum Gasteiger partial charge on any atom is 0.112 e. The molecule has 2 rings (SSSR count). The summed E-state index contributed by atoms with van der Waals surface area (Å²) in [4.78, 5) is 0. The highest BCUT2D eigenvalue weighted by molar-refractivity contribution is 5.04. The predicted octanol–water partition coefficient (Wildman–Crippen LogP) is 0.415. The Morgan fingerprint density at radius 2 is 1.75 bits per heavy atom. The fourth-order valence-corrected chi connectivity index (χ4v) is 2.45. The summed E-state index contributed by atoms with van der Waals surface area (Å²) < 4.78 is 10.8. The summed E-state index contributed by atoms with van der Waals surface area (Å²) in [6, 6.07) is 0. The highest BCUT2D eigenvalue weighted by Crippen LogP contribution is 2.44. The molecule has 2 saturated heterocycles. The quantitative estimate of drug-likeness (QED) is 0.623. The lowest BCUT2D eigenvalue weighted by molar-refractivity contribution is -0.0412. The summed E-state index contributed by atoms with van der Waals surface area (Å²) in [6.45, 7) is 4.29. The summed E-state index contributed by atoms with van der Waals surface area (Å²) in [6.07, 6.45) is -0.438. The van der Waals surface area contributed by atoms with Crippen molar-refractivity contribution in [3.63, 3.8) is 0 Å². The van der Waals surface area contributed by atoms with E-state index in [1.54, 1.807) is 7.11 Å². The molecule has 0 saturated carbocycles. The highest BCUT2D eigenvalue weighted by atomic mass is 16.6. The smallest absolute Gasteiger partial charge is 0.112 e. The van der Waals surface area contributed by atoms with Gasteiger partial charge in [-0.3, -0.25) is 0 Å². The zero-order valence-electron chi connectivity index (χ0n) is 7.73. The molecule has 1 N–H and O–H groups in total. The lowest BCUT2D eigenvalue weighted by Crippen LogP contribution is -2.45. The summed E-state index contributed by atoms with van der Waals surface area (Å²) >= 11 is 0. The van der Waals surface area contributed by atoms with E-state index in [0.717, 1.165) is 0 Å². The van der Waals surface area contributed by atoms with Gasteiger partial charge in [-0.2, -0.15) is 0 Å². The van der Waals surface area contributed by atoms with Gasteiger partial charge in [-0.15, -0.1) is 0 Å². The second-order valence-corrected chi connectivity index (χ2v) is 3.97. The first-order chi connectivity index (χ1) is 5.66. The second kappa shape index (κ2) is 2.69. The molecular formula is C9H16O3. The molecule has 0 aromatic carbocycles. The number of rotatable bonds is 1. The van der Waals surface area contributed by atoms with Gasteiger partial charge in [0.15, 0.2) is 0 Å². The third kappa shape index (κ3) is 0.873. The van der Waals surface area contributed by atoms with Crippen molar-refractivity contribution in [3.05, 3.63) is 0 Å². The summed E-state index contributed by atoms with van der Waals surface area (Å²) in [7, 11) is 1.63. The van der Waals surface area contributed by atoms with Crippen molar-refractivity contribution < 1.29 is 14.6 Å². The number of aliphatic hydroxyl groups excluding tert-OH is 1. The van der Waals surface area contributed by atoms with Crippen LogP contribution >= 0.6 is 0 Å². The van der Waals surface area contributed by atoms with Gasteiger partial charge in [0, 0.05) is 7.11 Å². The van der Waals surface area contributed by atoms with E-state index in [2.05, 4.69) is 13.8 Å².